The number of rotatable bonds is 5. The summed E-state index contributed by atoms with van der Waals surface area (Å²) in [6, 6.07) is 16.9. The lowest BCUT2D eigenvalue weighted by atomic mass is 10.00. The molecule has 0 spiro atoms. The first-order valence-electron chi connectivity index (χ1n) is 9.04. The molecule has 2 aromatic carbocycles. The molecule has 0 atom stereocenters. The number of nitriles is 1. The van der Waals surface area contributed by atoms with Crippen LogP contribution < -0.4 is 10.6 Å². The van der Waals surface area contributed by atoms with E-state index in [0.29, 0.717) is 17.8 Å². The molecule has 6 heteroatoms. The largest absolute Gasteiger partial charge is 0.348 e. The van der Waals surface area contributed by atoms with E-state index < -0.39 is 11.8 Å². The Hall–Kier alpha value is -3.17. The summed E-state index contributed by atoms with van der Waals surface area (Å²) in [5, 5.41) is 14.0. The summed E-state index contributed by atoms with van der Waals surface area (Å²) in [7, 11) is 0. The summed E-state index contributed by atoms with van der Waals surface area (Å²) >= 11 is 0. The molecule has 1 aliphatic heterocycles. The molecule has 1 aliphatic rings. The first kappa shape index (κ1) is 18.6. The van der Waals surface area contributed by atoms with Crippen LogP contribution in [0.25, 0.3) is 0 Å². The number of amides is 2. The standard InChI is InChI=1S/C21H22N4O2/c22-14-16-5-3-8-19(13-16)24-21(27)20(26)23-10-4-11-25-12-9-17-6-1-2-7-18(17)15-25/h1-3,5-8,13H,4,9-12,15H2,(H,23,26)(H,24,27). The van der Waals surface area contributed by atoms with Crippen molar-refractivity contribution in [3.05, 3.63) is 65.2 Å². The van der Waals surface area contributed by atoms with Gasteiger partial charge in [0.2, 0.25) is 0 Å². The van der Waals surface area contributed by atoms with Gasteiger partial charge in [0.1, 0.15) is 0 Å². The molecule has 138 valence electrons. The zero-order valence-electron chi connectivity index (χ0n) is 15.1. The zero-order chi connectivity index (χ0) is 19.1. The van der Waals surface area contributed by atoms with Crippen LogP contribution in [-0.2, 0) is 22.6 Å². The van der Waals surface area contributed by atoms with E-state index in [4.69, 9.17) is 5.26 Å². The van der Waals surface area contributed by atoms with Crippen LogP contribution in [-0.4, -0.2) is 36.3 Å². The van der Waals surface area contributed by atoms with E-state index in [0.717, 1.165) is 32.5 Å². The third kappa shape index (κ3) is 5.16. The predicted octanol–water partition coefficient (Wildman–Crippen LogP) is 2.06. The topological polar surface area (TPSA) is 85.2 Å². The van der Waals surface area contributed by atoms with Crippen LogP contribution in [0.4, 0.5) is 5.69 Å². The van der Waals surface area contributed by atoms with E-state index in [1.54, 1.807) is 18.2 Å². The van der Waals surface area contributed by atoms with Gasteiger partial charge in [0, 0.05) is 31.9 Å². The number of nitrogens with zero attached hydrogens (tertiary/aromatic N) is 2. The van der Waals surface area contributed by atoms with Crippen molar-refractivity contribution in [2.24, 2.45) is 0 Å². The molecule has 0 unspecified atom stereocenters. The van der Waals surface area contributed by atoms with Gasteiger partial charge in [-0.2, -0.15) is 5.26 Å². The zero-order valence-corrected chi connectivity index (χ0v) is 15.1. The Balaban J connectivity index is 1.38. The summed E-state index contributed by atoms with van der Waals surface area (Å²) in [4.78, 5) is 26.2. The summed E-state index contributed by atoms with van der Waals surface area (Å²) in [6.45, 7) is 3.27. The molecule has 6 nitrogen and oxygen atoms in total. The molecule has 3 rings (SSSR count). The fourth-order valence-corrected chi connectivity index (χ4v) is 3.18. The van der Waals surface area contributed by atoms with Crippen molar-refractivity contribution in [3.63, 3.8) is 0 Å². The van der Waals surface area contributed by atoms with Gasteiger partial charge in [0.05, 0.1) is 11.6 Å². The van der Waals surface area contributed by atoms with Gasteiger partial charge >= 0.3 is 11.8 Å². The van der Waals surface area contributed by atoms with Crippen molar-refractivity contribution in [1.82, 2.24) is 10.2 Å². The fourth-order valence-electron chi connectivity index (χ4n) is 3.18. The maximum atomic E-state index is 11.9. The lowest BCUT2D eigenvalue weighted by Crippen LogP contribution is -2.38. The van der Waals surface area contributed by atoms with E-state index in [1.807, 2.05) is 6.07 Å². The molecule has 0 aromatic heterocycles. The molecule has 2 N–H and O–H groups in total. The maximum absolute atomic E-state index is 11.9. The summed E-state index contributed by atoms with van der Waals surface area (Å²) < 4.78 is 0. The number of hydrogen-bond acceptors (Lipinski definition) is 4. The quantitative estimate of drug-likeness (QED) is 0.630. The number of carbonyl (C=O) groups excluding carboxylic acids is 2. The van der Waals surface area contributed by atoms with E-state index >= 15 is 0 Å². The average Bonchev–Trinajstić information content (AvgIpc) is 2.71. The maximum Gasteiger partial charge on any atom is 0.313 e. The minimum absolute atomic E-state index is 0.427. The Morgan fingerprint density at radius 2 is 1.89 bits per heavy atom. The Labute approximate surface area is 158 Å². The predicted molar refractivity (Wildman–Crippen MR) is 103 cm³/mol. The van der Waals surface area contributed by atoms with Crippen LogP contribution in [0.5, 0.6) is 0 Å². The van der Waals surface area contributed by atoms with Crippen molar-refractivity contribution < 1.29 is 9.59 Å². The van der Waals surface area contributed by atoms with Gasteiger partial charge in [-0.15, -0.1) is 0 Å². The van der Waals surface area contributed by atoms with Crippen molar-refractivity contribution in [2.45, 2.75) is 19.4 Å². The summed E-state index contributed by atoms with van der Waals surface area (Å²) in [5.41, 5.74) is 3.64. The SMILES string of the molecule is N#Cc1cccc(NC(=O)C(=O)NCCCN2CCc3ccccc3C2)c1. The number of anilines is 1. The van der Waals surface area contributed by atoms with Crippen molar-refractivity contribution in [1.29, 1.82) is 5.26 Å². The van der Waals surface area contributed by atoms with Crippen LogP contribution in [0.3, 0.4) is 0 Å². The number of hydrogen-bond donors (Lipinski definition) is 2. The van der Waals surface area contributed by atoms with Gasteiger partial charge in [-0.1, -0.05) is 30.3 Å². The molecule has 2 amide bonds. The highest BCUT2D eigenvalue weighted by molar-refractivity contribution is 6.39. The van der Waals surface area contributed by atoms with Crippen LogP contribution in [0.1, 0.15) is 23.1 Å². The Bertz CT molecular complexity index is 872. The molecule has 0 saturated heterocycles. The Kier molecular flexibility index (Phi) is 6.18. The summed E-state index contributed by atoms with van der Waals surface area (Å²) in [5.74, 6) is -1.39. The van der Waals surface area contributed by atoms with E-state index in [9.17, 15) is 9.59 Å². The van der Waals surface area contributed by atoms with Gasteiger partial charge < -0.3 is 10.6 Å². The highest BCUT2D eigenvalue weighted by atomic mass is 16.2. The monoisotopic (exact) mass is 362 g/mol. The van der Waals surface area contributed by atoms with Crippen molar-refractivity contribution >= 4 is 17.5 Å². The summed E-state index contributed by atoms with van der Waals surface area (Å²) in [6.07, 6.45) is 1.83. The van der Waals surface area contributed by atoms with E-state index in [1.165, 1.54) is 17.2 Å². The van der Waals surface area contributed by atoms with Crippen molar-refractivity contribution in [3.8, 4) is 6.07 Å². The van der Waals surface area contributed by atoms with Crippen LogP contribution in [0.2, 0.25) is 0 Å². The number of nitrogens with one attached hydrogen (secondary N) is 2. The second-order valence-electron chi connectivity index (χ2n) is 6.55. The van der Waals surface area contributed by atoms with E-state index in [-0.39, 0.29) is 0 Å². The molecule has 1 heterocycles. The molecule has 27 heavy (non-hydrogen) atoms. The highest BCUT2D eigenvalue weighted by Crippen LogP contribution is 2.18. The second kappa shape index (κ2) is 8.97. The molecule has 0 aliphatic carbocycles. The minimum atomic E-state index is -0.725. The highest BCUT2D eigenvalue weighted by Gasteiger charge is 2.16. The third-order valence-electron chi connectivity index (χ3n) is 4.60. The average molecular weight is 362 g/mol. The van der Waals surface area contributed by atoms with Crippen LogP contribution >= 0.6 is 0 Å². The van der Waals surface area contributed by atoms with Gasteiger partial charge in [-0.05, 0) is 42.2 Å². The number of fused-ring (bicyclic) bond motifs is 1. The number of benzene rings is 2. The normalized spacial score (nSPS) is 13.3. The molecule has 2 aromatic rings. The first-order chi connectivity index (χ1) is 13.2. The van der Waals surface area contributed by atoms with Gasteiger partial charge in [0.25, 0.3) is 0 Å². The lowest BCUT2D eigenvalue weighted by molar-refractivity contribution is -0.136. The Morgan fingerprint density at radius 3 is 2.70 bits per heavy atom. The smallest absolute Gasteiger partial charge is 0.313 e. The molecule has 0 bridgehead atoms. The molecule has 0 saturated carbocycles. The van der Waals surface area contributed by atoms with E-state index in [2.05, 4.69) is 39.8 Å². The number of carbonyl (C=O) groups is 2. The molecule has 0 fully saturated rings. The fraction of sp³-hybridized carbons (Fsp3) is 0.286. The first-order valence-corrected chi connectivity index (χ1v) is 9.04. The second-order valence-corrected chi connectivity index (χ2v) is 6.55. The van der Waals surface area contributed by atoms with Gasteiger partial charge in [0.15, 0.2) is 0 Å². The van der Waals surface area contributed by atoms with Gasteiger partial charge in [-0.25, -0.2) is 0 Å². The molecular weight excluding hydrogens is 340 g/mol. The van der Waals surface area contributed by atoms with Crippen LogP contribution in [0.15, 0.2) is 48.5 Å². The molecule has 0 radical (unpaired) electrons. The minimum Gasteiger partial charge on any atom is -0.348 e. The van der Waals surface area contributed by atoms with Crippen LogP contribution in [0, 0.1) is 11.3 Å². The lowest BCUT2D eigenvalue weighted by Gasteiger charge is -2.28. The molecular formula is C21H22N4O2. The van der Waals surface area contributed by atoms with Gasteiger partial charge in [-0.3, -0.25) is 14.5 Å². The Morgan fingerprint density at radius 1 is 1.07 bits per heavy atom. The van der Waals surface area contributed by atoms with Crippen molar-refractivity contribution in [2.75, 3.05) is 25.0 Å². The third-order valence-corrected chi connectivity index (χ3v) is 4.60.